The van der Waals surface area contributed by atoms with Crippen LogP contribution in [-0.4, -0.2) is 61.4 Å². The first-order valence-corrected chi connectivity index (χ1v) is 19.7. The fraction of sp³-hybridized carbons (Fsp3) is 0.949. The second-order valence-electron chi connectivity index (χ2n) is 13.6. The summed E-state index contributed by atoms with van der Waals surface area (Å²) >= 11 is 0. The van der Waals surface area contributed by atoms with Crippen LogP contribution < -0.4 is 0 Å². The van der Waals surface area contributed by atoms with Crippen molar-refractivity contribution in [2.75, 3.05) is 39.5 Å². The van der Waals surface area contributed by atoms with Gasteiger partial charge in [0.15, 0.2) is 0 Å². The molecule has 2 unspecified atom stereocenters. The van der Waals surface area contributed by atoms with Gasteiger partial charge in [0.1, 0.15) is 0 Å². The molecule has 0 radical (unpaired) electrons. The maximum atomic E-state index is 12.9. The molecule has 6 heteroatoms. The fourth-order valence-electron chi connectivity index (χ4n) is 5.98. The largest absolute Gasteiger partial charge is 0.465 e. The Kier molecular flexibility index (Phi) is 33.3. The van der Waals surface area contributed by atoms with E-state index in [-0.39, 0.29) is 30.4 Å². The van der Waals surface area contributed by atoms with Crippen molar-refractivity contribution in [1.82, 2.24) is 4.90 Å². The maximum absolute atomic E-state index is 12.9. The number of hydrogen-bond donors (Lipinski definition) is 1. The van der Waals surface area contributed by atoms with Crippen molar-refractivity contribution in [3.63, 3.8) is 0 Å². The molecule has 0 spiro atoms. The summed E-state index contributed by atoms with van der Waals surface area (Å²) < 4.78 is 11.4. The average Bonchev–Trinajstić information content (AvgIpc) is 3.04. The van der Waals surface area contributed by atoms with E-state index in [2.05, 4.69) is 25.7 Å². The average molecular weight is 640 g/mol. The minimum atomic E-state index is -0.0481. The normalized spacial score (nSPS) is 12.8. The van der Waals surface area contributed by atoms with Gasteiger partial charge in [0.2, 0.25) is 0 Å². The van der Waals surface area contributed by atoms with Gasteiger partial charge in [-0.3, -0.25) is 9.59 Å². The predicted molar refractivity (Wildman–Crippen MR) is 191 cm³/mol. The van der Waals surface area contributed by atoms with E-state index in [1.165, 1.54) is 83.5 Å². The number of unbranched alkanes of at least 4 members (excludes halogenated alkanes) is 16. The number of esters is 2. The smallest absolute Gasteiger partial charge is 0.308 e. The monoisotopic (exact) mass is 640 g/mol. The maximum Gasteiger partial charge on any atom is 0.308 e. The van der Waals surface area contributed by atoms with E-state index >= 15 is 0 Å². The zero-order valence-electron chi connectivity index (χ0n) is 30.6. The van der Waals surface area contributed by atoms with Crippen LogP contribution >= 0.6 is 0 Å². The van der Waals surface area contributed by atoms with Crippen molar-refractivity contribution >= 4 is 11.9 Å². The van der Waals surface area contributed by atoms with Gasteiger partial charge in [-0.05, 0) is 77.4 Å². The first-order valence-electron chi connectivity index (χ1n) is 19.7. The molecule has 0 bridgehead atoms. The van der Waals surface area contributed by atoms with Crippen LogP contribution in [0, 0.1) is 11.8 Å². The summed E-state index contributed by atoms with van der Waals surface area (Å²) in [6.07, 6.45) is 28.2. The van der Waals surface area contributed by atoms with Crippen molar-refractivity contribution in [2.24, 2.45) is 11.8 Å². The number of rotatable bonds is 35. The molecule has 0 aromatic carbocycles. The highest BCUT2D eigenvalue weighted by atomic mass is 16.5. The molecule has 0 amide bonds. The van der Waals surface area contributed by atoms with E-state index in [4.69, 9.17) is 9.47 Å². The molecule has 1 N–H and O–H groups in total. The molecule has 0 aliphatic carbocycles. The third kappa shape index (κ3) is 28.8. The van der Waals surface area contributed by atoms with Gasteiger partial charge in [0.25, 0.3) is 0 Å². The Morgan fingerprint density at radius 3 is 1.40 bits per heavy atom. The summed E-state index contributed by atoms with van der Waals surface area (Å²) in [6.45, 7) is 12.8. The molecule has 0 saturated heterocycles. The van der Waals surface area contributed by atoms with Gasteiger partial charge in [0, 0.05) is 6.61 Å². The lowest BCUT2D eigenvalue weighted by Gasteiger charge is -2.22. The summed E-state index contributed by atoms with van der Waals surface area (Å²) in [5.74, 6) is 0.0339. The summed E-state index contributed by atoms with van der Waals surface area (Å²) in [5.41, 5.74) is 0. The summed E-state index contributed by atoms with van der Waals surface area (Å²) in [7, 11) is 0. The topological polar surface area (TPSA) is 76.1 Å². The van der Waals surface area contributed by atoms with Crippen LogP contribution in [0.25, 0.3) is 0 Å². The highest BCUT2D eigenvalue weighted by Crippen LogP contribution is 2.21. The van der Waals surface area contributed by atoms with Gasteiger partial charge in [-0.15, -0.1) is 0 Å². The van der Waals surface area contributed by atoms with E-state index in [0.717, 1.165) is 96.7 Å². The molecule has 0 rings (SSSR count). The minimum absolute atomic E-state index is 0.00728. The Bertz CT molecular complexity index is 643. The van der Waals surface area contributed by atoms with Crippen LogP contribution in [0.2, 0.25) is 0 Å². The lowest BCUT2D eigenvalue weighted by atomic mass is 9.94. The number of aliphatic hydroxyl groups excluding tert-OH is 1. The van der Waals surface area contributed by atoms with Crippen molar-refractivity contribution in [2.45, 2.75) is 188 Å². The molecule has 2 atom stereocenters. The van der Waals surface area contributed by atoms with E-state index in [9.17, 15) is 14.7 Å². The van der Waals surface area contributed by atoms with Crippen LogP contribution in [0.3, 0.4) is 0 Å². The number of carbonyl (C=O) groups is 2. The molecule has 6 nitrogen and oxygen atoms in total. The molecule has 0 aliphatic rings. The van der Waals surface area contributed by atoms with Crippen molar-refractivity contribution in [1.29, 1.82) is 0 Å². The number of aliphatic hydroxyl groups is 1. The predicted octanol–water partition coefficient (Wildman–Crippen LogP) is 10.4. The number of ether oxygens (including phenoxy) is 2. The van der Waals surface area contributed by atoms with Crippen LogP contribution in [0.15, 0.2) is 0 Å². The highest BCUT2D eigenvalue weighted by molar-refractivity contribution is 5.72. The van der Waals surface area contributed by atoms with E-state index in [0.29, 0.717) is 13.2 Å². The van der Waals surface area contributed by atoms with Crippen LogP contribution in [0.1, 0.15) is 188 Å². The SMILES string of the molecule is CCCCCCCCC(C)C(=O)OCCCCN(CCCCO)CCCCOC(=O)C(CCCCCC)CCCCCCCC. The summed E-state index contributed by atoms with van der Waals surface area (Å²) in [6, 6.07) is 0. The summed E-state index contributed by atoms with van der Waals surface area (Å²) in [4.78, 5) is 27.8. The van der Waals surface area contributed by atoms with Gasteiger partial charge < -0.3 is 19.5 Å². The Labute approximate surface area is 280 Å². The Balaban J connectivity index is 4.32. The van der Waals surface area contributed by atoms with Gasteiger partial charge in [-0.25, -0.2) is 0 Å². The van der Waals surface area contributed by atoms with Crippen LogP contribution in [0.4, 0.5) is 0 Å². The molecule has 0 aromatic heterocycles. The Hall–Kier alpha value is -1.14. The molecule has 0 heterocycles. The zero-order valence-corrected chi connectivity index (χ0v) is 30.6. The third-order valence-electron chi connectivity index (χ3n) is 9.15. The van der Waals surface area contributed by atoms with Crippen LogP contribution in [-0.2, 0) is 19.1 Å². The lowest BCUT2D eigenvalue weighted by molar-refractivity contribution is -0.149. The van der Waals surface area contributed by atoms with Crippen molar-refractivity contribution in [3.05, 3.63) is 0 Å². The van der Waals surface area contributed by atoms with E-state index in [1.807, 2.05) is 6.92 Å². The number of hydrogen-bond acceptors (Lipinski definition) is 6. The molecule has 0 aromatic rings. The van der Waals surface area contributed by atoms with Crippen LogP contribution in [0.5, 0.6) is 0 Å². The quantitative estimate of drug-likeness (QED) is 0.0549. The Morgan fingerprint density at radius 1 is 0.511 bits per heavy atom. The van der Waals surface area contributed by atoms with Gasteiger partial charge in [-0.2, -0.15) is 0 Å². The lowest BCUT2D eigenvalue weighted by Crippen LogP contribution is -2.28. The molecule has 268 valence electrons. The first-order chi connectivity index (χ1) is 22.0. The summed E-state index contributed by atoms with van der Waals surface area (Å²) in [5, 5.41) is 9.23. The highest BCUT2D eigenvalue weighted by Gasteiger charge is 2.19. The first kappa shape index (κ1) is 43.9. The minimum Gasteiger partial charge on any atom is -0.465 e. The standard InChI is InChI=1S/C39H77NO5/c1-5-8-11-14-16-18-27-36(4)38(42)44-34-25-22-31-40(30-21-24-33-41)32-23-26-35-45-39(43)37(28-19-13-10-7-3)29-20-17-15-12-9-6-2/h36-37,41H,5-35H2,1-4H3. The fourth-order valence-corrected chi connectivity index (χ4v) is 5.98. The van der Waals surface area contributed by atoms with Gasteiger partial charge in [-0.1, -0.05) is 130 Å². The molecular weight excluding hydrogens is 562 g/mol. The second-order valence-corrected chi connectivity index (χ2v) is 13.6. The molecular formula is C39H77NO5. The Morgan fingerprint density at radius 2 is 0.911 bits per heavy atom. The zero-order chi connectivity index (χ0) is 33.2. The molecule has 0 fully saturated rings. The van der Waals surface area contributed by atoms with E-state index < -0.39 is 0 Å². The molecule has 0 aliphatic heterocycles. The molecule has 45 heavy (non-hydrogen) atoms. The van der Waals surface area contributed by atoms with E-state index in [1.54, 1.807) is 0 Å². The van der Waals surface area contributed by atoms with Gasteiger partial charge >= 0.3 is 11.9 Å². The second kappa shape index (κ2) is 34.2. The molecule has 0 saturated carbocycles. The van der Waals surface area contributed by atoms with Crippen molar-refractivity contribution < 1.29 is 24.2 Å². The van der Waals surface area contributed by atoms with Crippen molar-refractivity contribution in [3.8, 4) is 0 Å². The van der Waals surface area contributed by atoms with Gasteiger partial charge in [0.05, 0.1) is 25.0 Å². The number of carbonyl (C=O) groups excluding carboxylic acids is 2. The number of nitrogens with zero attached hydrogens (tertiary/aromatic N) is 1. The third-order valence-corrected chi connectivity index (χ3v) is 9.15.